The second-order valence-corrected chi connectivity index (χ2v) is 6.19. The number of aliphatic hydroxyl groups is 1. The van der Waals surface area contributed by atoms with Gasteiger partial charge in [0, 0.05) is 24.2 Å². The Balaban J connectivity index is 1.70. The minimum absolute atomic E-state index is 0.188. The Morgan fingerprint density at radius 3 is 3.00 bits per heavy atom. The fourth-order valence-electron chi connectivity index (χ4n) is 2.32. The van der Waals surface area contributed by atoms with E-state index in [9.17, 15) is 5.11 Å². The quantitative estimate of drug-likeness (QED) is 0.840. The molecule has 3 atom stereocenters. The van der Waals surface area contributed by atoms with Gasteiger partial charge in [-0.2, -0.15) is 0 Å². The van der Waals surface area contributed by atoms with Crippen molar-refractivity contribution in [2.45, 2.75) is 38.0 Å². The number of aliphatic hydroxyl groups excluding tert-OH is 1. The highest BCUT2D eigenvalue weighted by Crippen LogP contribution is 2.27. The molecule has 0 aromatic heterocycles. The molecule has 118 valence electrons. The number of ether oxygens (including phenoxy) is 2. The molecule has 1 aliphatic rings. The molecule has 4 nitrogen and oxygen atoms in total. The molecule has 3 unspecified atom stereocenters. The van der Waals surface area contributed by atoms with Gasteiger partial charge in [-0.25, -0.2) is 0 Å². The summed E-state index contributed by atoms with van der Waals surface area (Å²) in [5.74, 6) is 0.528. The van der Waals surface area contributed by atoms with Crippen molar-refractivity contribution >= 4 is 23.2 Å². The van der Waals surface area contributed by atoms with Crippen molar-refractivity contribution in [3.8, 4) is 5.75 Å². The SMILES string of the molecule is CC1CC(NCC(O)COc2ccc(Cl)cc2Cl)CCO1. The number of benzene rings is 1. The molecule has 1 aromatic rings. The van der Waals surface area contributed by atoms with E-state index in [1.54, 1.807) is 18.2 Å². The summed E-state index contributed by atoms with van der Waals surface area (Å²) in [5, 5.41) is 14.3. The second kappa shape index (κ2) is 8.20. The molecule has 2 N–H and O–H groups in total. The van der Waals surface area contributed by atoms with Crippen molar-refractivity contribution < 1.29 is 14.6 Å². The summed E-state index contributed by atoms with van der Waals surface area (Å²) in [5.41, 5.74) is 0. The third-order valence-electron chi connectivity index (χ3n) is 3.45. The van der Waals surface area contributed by atoms with Gasteiger partial charge in [0.15, 0.2) is 0 Å². The highest BCUT2D eigenvalue weighted by atomic mass is 35.5. The van der Waals surface area contributed by atoms with Gasteiger partial charge in [0.1, 0.15) is 18.5 Å². The molecular weight excluding hydrogens is 313 g/mol. The molecule has 6 heteroatoms. The van der Waals surface area contributed by atoms with E-state index in [0.29, 0.717) is 28.4 Å². The fourth-order valence-corrected chi connectivity index (χ4v) is 2.79. The van der Waals surface area contributed by atoms with E-state index in [4.69, 9.17) is 32.7 Å². The highest BCUT2D eigenvalue weighted by Gasteiger charge is 2.19. The Labute approximate surface area is 135 Å². The first kappa shape index (κ1) is 16.8. The van der Waals surface area contributed by atoms with Crippen molar-refractivity contribution in [2.75, 3.05) is 19.8 Å². The average Bonchev–Trinajstić information content (AvgIpc) is 2.44. The summed E-state index contributed by atoms with van der Waals surface area (Å²) in [7, 11) is 0. The number of nitrogens with one attached hydrogen (secondary N) is 1. The van der Waals surface area contributed by atoms with Crippen molar-refractivity contribution in [1.82, 2.24) is 5.32 Å². The summed E-state index contributed by atoms with van der Waals surface area (Å²) >= 11 is 11.8. The van der Waals surface area contributed by atoms with Gasteiger partial charge in [-0.3, -0.25) is 0 Å². The lowest BCUT2D eigenvalue weighted by molar-refractivity contribution is 0.00966. The van der Waals surface area contributed by atoms with Gasteiger partial charge in [0.05, 0.1) is 11.1 Å². The van der Waals surface area contributed by atoms with Gasteiger partial charge in [0.2, 0.25) is 0 Å². The van der Waals surface area contributed by atoms with Gasteiger partial charge in [-0.05, 0) is 38.0 Å². The predicted octanol–water partition coefficient (Wildman–Crippen LogP) is 2.89. The number of hydrogen-bond donors (Lipinski definition) is 2. The zero-order chi connectivity index (χ0) is 15.2. The largest absolute Gasteiger partial charge is 0.489 e. The molecule has 0 saturated carbocycles. The van der Waals surface area contributed by atoms with Crippen molar-refractivity contribution in [2.24, 2.45) is 0 Å². The third-order valence-corrected chi connectivity index (χ3v) is 3.98. The Bertz CT molecular complexity index is 459. The van der Waals surface area contributed by atoms with E-state index >= 15 is 0 Å². The lowest BCUT2D eigenvalue weighted by Crippen LogP contribution is -2.42. The second-order valence-electron chi connectivity index (χ2n) is 5.35. The van der Waals surface area contributed by atoms with E-state index < -0.39 is 6.10 Å². The highest BCUT2D eigenvalue weighted by molar-refractivity contribution is 6.35. The van der Waals surface area contributed by atoms with Crippen LogP contribution in [0.4, 0.5) is 0 Å². The Hall–Kier alpha value is -0.520. The van der Waals surface area contributed by atoms with Crippen LogP contribution in [0.2, 0.25) is 10.0 Å². The normalized spacial score (nSPS) is 23.8. The topological polar surface area (TPSA) is 50.7 Å². The number of rotatable bonds is 6. The van der Waals surface area contributed by atoms with Gasteiger partial charge in [0.25, 0.3) is 0 Å². The van der Waals surface area contributed by atoms with Crippen molar-refractivity contribution in [3.63, 3.8) is 0 Å². The van der Waals surface area contributed by atoms with E-state index in [1.165, 1.54) is 0 Å². The van der Waals surface area contributed by atoms with E-state index in [1.807, 2.05) is 0 Å². The Morgan fingerprint density at radius 2 is 2.29 bits per heavy atom. The lowest BCUT2D eigenvalue weighted by atomic mass is 10.0. The van der Waals surface area contributed by atoms with Crippen molar-refractivity contribution in [3.05, 3.63) is 28.2 Å². The molecule has 1 fully saturated rings. The van der Waals surface area contributed by atoms with Crippen LogP contribution in [-0.2, 0) is 4.74 Å². The van der Waals surface area contributed by atoms with Crippen LogP contribution in [0.25, 0.3) is 0 Å². The standard InChI is InChI=1S/C15H21Cl2NO3/c1-10-6-12(4-5-20-10)18-8-13(19)9-21-15-3-2-11(16)7-14(15)17/h2-3,7,10,12-13,18-19H,4-6,8-9H2,1H3. The van der Waals surface area contributed by atoms with Gasteiger partial charge in [-0.1, -0.05) is 23.2 Å². The summed E-state index contributed by atoms with van der Waals surface area (Å²) in [4.78, 5) is 0. The van der Waals surface area contributed by atoms with Crippen molar-refractivity contribution in [1.29, 1.82) is 0 Å². The van der Waals surface area contributed by atoms with Crippen LogP contribution < -0.4 is 10.1 Å². The minimum Gasteiger partial charge on any atom is -0.489 e. The molecule has 0 spiro atoms. The fraction of sp³-hybridized carbons (Fsp3) is 0.600. The van der Waals surface area contributed by atoms with Crippen LogP contribution in [-0.4, -0.2) is 43.1 Å². The van der Waals surface area contributed by atoms with Crippen LogP contribution in [0.5, 0.6) is 5.75 Å². The lowest BCUT2D eigenvalue weighted by Gasteiger charge is -2.28. The summed E-state index contributed by atoms with van der Waals surface area (Å²) in [6.07, 6.45) is 1.63. The average molecular weight is 334 g/mol. The summed E-state index contributed by atoms with van der Waals surface area (Å²) in [6, 6.07) is 5.41. The van der Waals surface area contributed by atoms with Gasteiger partial charge >= 0.3 is 0 Å². The first-order valence-electron chi connectivity index (χ1n) is 7.15. The third kappa shape index (κ3) is 5.64. The molecule has 21 heavy (non-hydrogen) atoms. The van der Waals surface area contributed by atoms with E-state index in [2.05, 4.69) is 12.2 Å². The van der Waals surface area contributed by atoms with E-state index in [-0.39, 0.29) is 12.7 Å². The monoisotopic (exact) mass is 333 g/mol. The van der Waals surface area contributed by atoms with Gasteiger partial charge in [-0.15, -0.1) is 0 Å². The van der Waals surface area contributed by atoms with Crippen LogP contribution in [0.3, 0.4) is 0 Å². The molecule has 1 heterocycles. The molecule has 0 aliphatic carbocycles. The van der Waals surface area contributed by atoms with Crippen LogP contribution in [0, 0.1) is 0 Å². The Morgan fingerprint density at radius 1 is 1.48 bits per heavy atom. The molecule has 1 saturated heterocycles. The van der Waals surface area contributed by atoms with Gasteiger partial charge < -0.3 is 19.9 Å². The molecule has 0 amide bonds. The maximum Gasteiger partial charge on any atom is 0.138 e. The van der Waals surface area contributed by atoms with Crippen LogP contribution in [0.15, 0.2) is 18.2 Å². The zero-order valence-electron chi connectivity index (χ0n) is 12.0. The molecule has 0 radical (unpaired) electrons. The molecule has 0 bridgehead atoms. The maximum atomic E-state index is 9.96. The Kier molecular flexibility index (Phi) is 6.58. The smallest absolute Gasteiger partial charge is 0.138 e. The predicted molar refractivity (Wildman–Crippen MR) is 84.4 cm³/mol. The molecule has 2 rings (SSSR count). The van der Waals surface area contributed by atoms with E-state index in [0.717, 1.165) is 19.4 Å². The molecular formula is C15H21Cl2NO3. The number of halogens is 2. The molecule has 1 aromatic carbocycles. The maximum absolute atomic E-state index is 9.96. The zero-order valence-corrected chi connectivity index (χ0v) is 13.5. The summed E-state index contributed by atoms with van der Waals surface area (Å²) < 4.78 is 11.0. The minimum atomic E-state index is -0.588. The first-order valence-corrected chi connectivity index (χ1v) is 7.91. The summed E-state index contributed by atoms with van der Waals surface area (Å²) in [6.45, 7) is 3.51. The molecule has 1 aliphatic heterocycles. The number of hydrogen-bond acceptors (Lipinski definition) is 4. The van der Waals surface area contributed by atoms with Crippen LogP contribution >= 0.6 is 23.2 Å². The first-order chi connectivity index (χ1) is 10.0. The van der Waals surface area contributed by atoms with Crippen LogP contribution in [0.1, 0.15) is 19.8 Å².